The van der Waals surface area contributed by atoms with Crippen LogP contribution in [0.4, 0.5) is 11.4 Å². The van der Waals surface area contributed by atoms with Gasteiger partial charge in [-0.3, -0.25) is 0 Å². The molecule has 0 amide bonds. The predicted molar refractivity (Wildman–Crippen MR) is 105 cm³/mol. The van der Waals surface area contributed by atoms with E-state index in [1.165, 1.54) is 5.57 Å². The molecule has 0 saturated carbocycles. The molecular weight excluding hydrogens is 290 g/mol. The molecule has 0 bridgehead atoms. The molecule has 0 radical (unpaired) electrons. The van der Waals surface area contributed by atoms with Crippen molar-refractivity contribution in [2.45, 2.75) is 6.92 Å². The molecule has 1 aliphatic heterocycles. The molecule has 0 saturated heterocycles. The standard InChI is InChI=1S/C23H21N/c1-4-5-13-21-18(2)16-17-24(20-11-7-6-8-12-20)23-15-10-9-14-22(23)19(21)3/h4-17H,1,3H2,2H3/b13-5-,17-16-,21-18-. The van der Waals surface area contributed by atoms with Gasteiger partial charge in [0, 0.05) is 17.5 Å². The van der Waals surface area contributed by atoms with E-state index in [0.717, 1.165) is 28.1 Å². The number of allylic oxidation sites excluding steroid dienone is 7. The number of anilines is 2. The summed E-state index contributed by atoms with van der Waals surface area (Å²) in [6.07, 6.45) is 10.1. The normalized spacial score (nSPS) is 18.9. The number of para-hydroxylation sites is 2. The van der Waals surface area contributed by atoms with Gasteiger partial charge in [-0.1, -0.05) is 67.8 Å². The summed E-state index contributed by atoms with van der Waals surface area (Å²) < 4.78 is 0. The lowest BCUT2D eigenvalue weighted by molar-refractivity contribution is 1.25. The van der Waals surface area contributed by atoms with Crippen molar-refractivity contribution in [3.63, 3.8) is 0 Å². The first kappa shape index (κ1) is 15.8. The molecule has 1 aliphatic rings. The highest BCUT2D eigenvalue weighted by Crippen LogP contribution is 2.38. The minimum Gasteiger partial charge on any atom is -0.317 e. The molecule has 24 heavy (non-hydrogen) atoms. The third-order valence-electron chi connectivity index (χ3n) is 4.15. The fourth-order valence-electron chi connectivity index (χ4n) is 2.89. The van der Waals surface area contributed by atoms with E-state index >= 15 is 0 Å². The van der Waals surface area contributed by atoms with Gasteiger partial charge in [0.25, 0.3) is 0 Å². The van der Waals surface area contributed by atoms with Crippen LogP contribution in [-0.2, 0) is 0 Å². The van der Waals surface area contributed by atoms with Crippen LogP contribution < -0.4 is 4.90 Å². The second-order valence-corrected chi connectivity index (χ2v) is 5.71. The van der Waals surface area contributed by atoms with E-state index in [2.05, 4.69) is 91.9 Å². The maximum absolute atomic E-state index is 4.37. The van der Waals surface area contributed by atoms with Crippen molar-refractivity contribution in [2.75, 3.05) is 4.90 Å². The number of nitrogens with zero attached hydrogens (tertiary/aromatic N) is 1. The summed E-state index contributed by atoms with van der Waals surface area (Å²) in [4.78, 5) is 2.21. The zero-order valence-corrected chi connectivity index (χ0v) is 13.9. The quantitative estimate of drug-likeness (QED) is 0.591. The zero-order chi connectivity index (χ0) is 16.9. The van der Waals surface area contributed by atoms with Crippen molar-refractivity contribution in [1.29, 1.82) is 0 Å². The Hall–Kier alpha value is -3.06. The van der Waals surface area contributed by atoms with Crippen LogP contribution in [0.2, 0.25) is 0 Å². The Morgan fingerprint density at radius 2 is 1.67 bits per heavy atom. The molecule has 2 aromatic carbocycles. The van der Waals surface area contributed by atoms with Crippen LogP contribution in [0.15, 0.2) is 109 Å². The maximum Gasteiger partial charge on any atom is 0.0533 e. The smallest absolute Gasteiger partial charge is 0.0533 e. The Morgan fingerprint density at radius 1 is 0.958 bits per heavy atom. The van der Waals surface area contributed by atoms with Crippen LogP contribution in [0.25, 0.3) is 5.57 Å². The molecule has 0 atom stereocenters. The lowest BCUT2D eigenvalue weighted by atomic mass is 9.92. The minimum absolute atomic E-state index is 1.02. The summed E-state index contributed by atoms with van der Waals surface area (Å²) in [5, 5.41) is 0. The fourth-order valence-corrected chi connectivity index (χ4v) is 2.89. The van der Waals surface area contributed by atoms with Gasteiger partial charge in [-0.15, -0.1) is 0 Å². The van der Waals surface area contributed by atoms with E-state index in [9.17, 15) is 0 Å². The third kappa shape index (κ3) is 3.02. The first-order valence-electron chi connectivity index (χ1n) is 8.03. The third-order valence-corrected chi connectivity index (χ3v) is 4.15. The molecule has 1 heteroatoms. The SMILES string of the molecule is C=C\C=C/C1=C(C)/C=C\N(c2ccccc2)c2ccccc2C1=C. The van der Waals surface area contributed by atoms with Gasteiger partial charge in [-0.25, -0.2) is 0 Å². The van der Waals surface area contributed by atoms with Gasteiger partial charge in [0.1, 0.15) is 0 Å². The Kier molecular flexibility index (Phi) is 4.62. The van der Waals surface area contributed by atoms with E-state index < -0.39 is 0 Å². The first-order chi connectivity index (χ1) is 11.7. The van der Waals surface area contributed by atoms with E-state index in [4.69, 9.17) is 0 Å². The van der Waals surface area contributed by atoms with Crippen molar-refractivity contribution >= 4 is 16.9 Å². The van der Waals surface area contributed by atoms with Crippen LogP contribution in [0.5, 0.6) is 0 Å². The van der Waals surface area contributed by atoms with E-state index in [0.29, 0.717) is 0 Å². The van der Waals surface area contributed by atoms with Crippen molar-refractivity contribution in [3.05, 3.63) is 115 Å². The minimum atomic E-state index is 1.02. The van der Waals surface area contributed by atoms with Crippen molar-refractivity contribution in [3.8, 4) is 0 Å². The Morgan fingerprint density at radius 3 is 2.42 bits per heavy atom. The predicted octanol–water partition coefficient (Wildman–Crippen LogP) is 6.42. The average Bonchev–Trinajstić information content (AvgIpc) is 2.62. The van der Waals surface area contributed by atoms with Crippen molar-refractivity contribution < 1.29 is 0 Å². The van der Waals surface area contributed by atoms with Crippen LogP contribution >= 0.6 is 0 Å². The Balaban J connectivity index is 2.22. The van der Waals surface area contributed by atoms with E-state index in [-0.39, 0.29) is 0 Å². The first-order valence-corrected chi connectivity index (χ1v) is 8.03. The largest absolute Gasteiger partial charge is 0.317 e. The lowest BCUT2D eigenvalue weighted by Crippen LogP contribution is -2.12. The van der Waals surface area contributed by atoms with Gasteiger partial charge in [0.05, 0.1) is 5.69 Å². The van der Waals surface area contributed by atoms with Crippen LogP contribution in [0.3, 0.4) is 0 Å². The second-order valence-electron chi connectivity index (χ2n) is 5.71. The molecule has 0 fully saturated rings. The summed E-state index contributed by atoms with van der Waals surface area (Å²) in [5.41, 5.74) is 6.72. The Bertz CT molecular complexity index is 851. The van der Waals surface area contributed by atoms with Gasteiger partial charge in [0.15, 0.2) is 0 Å². The van der Waals surface area contributed by atoms with Gasteiger partial charge in [-0.05, 0) is 47.9 Å². The van der Waals surface area contributed by atoms with Crippen LogP contribution in [0.1, 0.15) is 12.5 Å². The molecule has 1 heterocycles. The highest BCUT2D eigenvalue weighted by atomic mass is 15.1. The summed E-state index contributed by atoms with van der Waals surface area (Å²) in [6, 6.07) is 18.8. The summed E-state index contributed by atoms with van der Waals surface area (Å²) in [7, 11) is 0. The molecule has 2 aromatic rings. The van der Waals surface area contributed by atoms with Gasteiger partial charge in [0.2, 0.25) is 0 Å². The molecule has 118 valence electrons. The molecule has 0 aliphatic carbocycles. The number of benzene rings is 2. The maximum atomic E-state index is 4.37. The summed E-state index contributed by atoms with van der Waals surface area (Å²) in [6.45, 7) is 10.2. The summed E-state index contributed by atoms with van der Waals surface area (Å²) in [5.74, 6) is 0. The average molecular weight is 311 g/mol. The van der Waals surface area contributed by atoms with Crippen molar-refractivity contribution in [2.24, 2.45) is 0 Å². The molecular formula is C23H21N. The van der Waals surface area contributed by atoms with Crippen LogP contribution in [0, 0.1) is 0 Å². The number of hydrogen-bond donors (Lipinski definition) is 0. The van der Waals surface area contributed by atoms with E-state index in [1.54, 1.807) is 6.08 Å². The van der Waals surface area contributed by atoms with Gasteiger partial charge in [-0.2, -0.15) is 0 Å². The topological polar surface area (TPSA) is 3.24 Å². The van der Waals surface area contributed by atoms with Gasteiger partial charge < -0.3 is 4.90 Å². The molecule has 0 N–H and O–H groups in total. The fraction of sp³-hybridized carbons (Fsp3) is 0.0435. The number of rotatable bonds is 3. The molecule has 0 spiro atoms. The molecule has 0 aromatic heterocycles. The highest BCUT2D eigenvalue weighted by molar-refractivity contribution is 5.90. The lowest BCUT2D eigenvalue weighted by Gasteiger charge is -2.27. The molecule has 3 rings (SSSR count). The Labute approximate surface area is 144 Å². The number of fused-ring (bicyclic) bond motifs is 1. The van der Waals surface area contributed by atoms with Crippen LogP contribution in [-0.4, -0.2) is 0 Å². The molecule has 1 nitrogen and oxygen atoms in total. The van der Waals surface area contributed by atoms with E-state index in [1.807, 2.05) is 12.1 Å². The zero-order valence-electron chi connectivity index (χ0n) is 13.9. The van der Waals surface area contributed by atoms with Crippen molar-refractivity contribution in [1.82, 2.24) is 0 Å². The molecule has 0 unspecified atom stereocenters. The highest BCUT2D eigenvalue weighted by Gasteiger charge is 2.17. The second kappa shape index (κ2) is 7.01. The summed E-state index contributed by atoms with van der Waals surface area (Å²) >= 11 is 0. The van der Waals surface area contributed by atoms with Gasteiger partial charge >= 0.3 is 0 Å². The monoisotopic (exact) mass is 311 g/mol. The number of hydrogen-bond acceptors (Lipinski definition) is 1.